The van der Waals surface area contributed by atoms with Gasteiger partial charge in [0.2, 0.25) is 0 Å². The molecule has 0 unspecified atom stereocenters. The molecule has 0 saturated carbocycles. The van der Waals surface area contributed by atoms with Crippen molar-refractivity contribution in [1.29, 1.82) is 0 Å². The van der Waals surface area contributed by atoms with Crippen molar-refractivity contribution in [3.05, 3.63) is 59.1 Å². The van der Waals surface area contributed by atoms with E-state index in [1.165, 1.54) is 18.4 Å². The number of benzene rings is 1. The van der Waals surface area contributed by atoms with E-state index in [1.54, 1.807) is 31.2 Å². The van der Waals surface area contributed by atoms with E-state index < -0.39 is 24.3 Å². The molecule has 0 bridgehead atoms. The van der Waals surface area contributed by atoms with E-state index in [9.17, 15) is 14.0 Å². The van der Waals surface area contributed by atoms with Crippen molar-refractivity contribution in [3.63, 3.8) is 0 Å². The molecule has 3 rings (SSSR count). The lowest BCUT2D eigenvalue weighted by Gasteiger charge is -2.11. The number of esters is 1. The molecule has 124 valence electrons. The van der Waals surface area contributed by atoms with Crippen molar-refractivity contribution in [3.8, 4) is 0 Å². The molecule has 2 heterocycles. The van der Waals surface area contributed by atoms with Crippen LogP contribution in [0, 0.1) is 5.82 Å². The standard InChI is InChI=1S/C17H14FNO4S/c1-10(13-5-3-7-22-13)19-16(20)9-23-17(21)15-8-11-12(18)4-2-6-14(11)24-15/h2-8,10H,9H2,1H3,(H,19,20)/t10-/m0/s1. The van der Waals surface area contributed by atoms with Crippen LogP contribution in [-0.2, 0) is 9.53 Å². The monoisotopic (exact) mass is 347 g/mol. The summed E-state index contributed by atoms with van der Waals surface area (Å²) in [6.07, 6.45) is 1.51. The van der Waals surface area contributed by atoms with Crippen LogP contribution >= 0.6 is 11.3 Å². The highest BCUT2D eigenvalue weighted by Gasteiger charge is 2.17. The Morgan fingerprint density at radius 1 is 1.33 bits per heavy atom. The minimum absolute atomic E-state index is 0.252. The molecule has 0 spiro atoms. The number of hydrogen-bond acceptors (Lipinski definition) is 5. The highest BCUT2D eigenvalue weighted by Crippen LogP contribution is 2.28. The van der Waals surface area contributed by atoms with Crippen molar-refractivity contribution < 1.29 is 23.1 Å². The van der Waals surface area contributed by atoms with Crippen LogP contribution in [0.25, 0.3) is 10.1 Å². The van der Waals surface area contributed by atoms with Gasteiger partial charge in [0.05, 0.1) is 12.3 Å². The molecule has 1 aromatic carbocycles. The van der Waals surface area contributed by atoms with Gasteiger partial charge < -0.3 is 14.5 Å². The van der Waals surface area contributed by atoms with Crippen molar-refractivity contribution >= 4 is 33.3 Å². The third-order valence-corrected chi connectivity index (χ3v) is 4.47. The van der Waals surface area contributed by atoms with Gasteiger partial charge in [-0.15, -0.1) is 11.3 Å². The number of fused-ring (bicyclic) bond motifs is 1. The van der Waals surface area contributed by atoms with Crippen LogP contribution in [0.2, 0.25) is 0 Å². The van der Waals surface area contributed by atoms with Gasteiger partial charge in [-0.05, 0) is 37.3 Å². The third-order valence-electron chi connectivity index (χ3n) is 3.39. The number of nitrogens with one attached hydrogen (secondary N) is 1. The maximum Gasteiger partial charge on any atom is 0.348 e. The van der Waals surface area contributed by atoms with E-state index in [4.69, 9.17) is 9.15 Å². The molecule has 0 fully saturated rings. The van der Waals surface area contributed by atoms with Crippen molar-refractivity contribution in [1.82, 2.24) is 5.32 Å². The Hall–Kier alpha value is -2.67. The van der Waals surface area contributed by atoms with Crippen LogP contribution in [0.3, 0.4) is 0 Å². The first kappa shape index (κ1) is 16.2. The van der Waals surface area contributed by atoms with Gasteiger partial charge in [-0.2, -0.15) is 0 Å². The molecule has 0 aliphatic heterocycles. The summed E-state index contributed by atoms with van der Waals surface area (Å²) in [5, 5.41) is 3.02. The predicted octanol–water partition coefficient (Wildman–Crippen LogP) is 3.67. The van der Waals surface area contributed by atoms with E-state index in [1.807, 2.05) is 0 Å². The summed E-state index contributed by atoms with van der Waals surface area (Å²) in [5.41, 5.74) is 0. The number of amides is 1. The first-order valence-electron chi connectivity index (χ1n) is 7.22. The molecular formula is C17H14FNO4S. The Labute approximate surface area is 141 Å². The van der Waals surface area contributed by atoms with Crippen molar-refractivity contribution in [2.75, 3.05) is 6.61 Å². The normalized spacial score (nSPS) is 12.1. The van der Waals surface area contributed by atoms with Gasteiger partial charge >= 0.3 is 5.97 Å². The molecule has 1 N–H and O–H groups in total. The largest absolute Gasteiger partial charge is 0.467 e. The lowest BCUT2D eigenvalue weighted by molar-refractivity contribution is -0.125. The lowest BCUT2D eigenvalue weighted by Crippen LogP contribution is -2.30. The SMILES string of the molecule is C[C@H](NC(=O)COC(=O)c1cc2c(F)cccc2s1)c1ccco1. The minimum atomic E-state index is -0.656. The fourth-order valence-electron chi connectivity index (χ4n) is 2.22. The number of thiophene rings is 1. The van der Waals surface area contributed by atoms with Crippen LogP contribution in [0.5, 0.6) is 0 Å². The third kappa shape index (κ3) is 3.46. The molecule has 5 nitrogen and oxygen atoms in total. The quantitative estimate of drug-likeness (QED) is 0.715. The van der Waals surface area contributed by atoms with Crippen LogP contribution in [0.1, 0.15) is 28.4 Å². The summed E-state index contributed by atoms with van der Waals surface area (Å²) in [6, 6.07) is 9.19. The number of carbonyl (C=O) groups excluding carboxylic acids is 2. The second kappa shape index (κ2) is 6.84. The van der Waals surface area contributed by atoms with E-state index >= 15 is 0 Å². The number of furan rings is 1. The Morgan fingerprint density at radius 3 is 2.88 bits per heavy atom. The van der Waals surface area contributed by atoms with E-state index in [0.717, 1.165) is 11.3 Å². The Morgan fingerprint density at radius 2 is 2.17 bits per heavy atom. The van der Waals surface area contributed by atoms with Gasteiger partial charge in [-0.3, -0.25) is 4.79 Å². The fraction of sp³-hybridized carbons (Fsp3) is 0.176. The van der Waals surface area contributed by atoms with Crippen LogP contribution in [0.15, 0.2) is 47.1 Å². The predicted molar refractivity (Wildman–Crippen MR) is 87.3 cm³/mol. The first-order chi connectivity index (χ1) is 11.5. The van der Waals surface area contributed by atoms with Gasteiger partial charge in [-0.1, -0.05) is 6.07 Å². The van der Waals surface area contributed by atoms with E-state index in [0.29, 0.717) is 15.8 Å². The Bertz CT molecular complexity index is 872. The van der Waals surface area contributed by atoms with Crippen LogP contribution in [0.4, 0.5) is 4.39 Å². The smallest absolute Gasteiger partial charge is 0.348 e. The first-order valence-corrected chi connectivity index (χ1v) is 8.04. The zero-order valence-corrected chi connectivity index (χ0v) is 13.6. The minimum Gasteiger partial charge on any atom is -0.467 e. The number of ether oxygens (including phenoxy) is 1. The molecular weight excluding hydrogens is 333 g/mol. The van der Waals surface area contributed by atoms with Crippen LogP contribution in [-0.4, -0.2) is 18.5 Å². The van der Waals surface area contributed by atoms with E-state index in [2.05, 4.69) is 5.32 Å². The van der Waals surface area contributed by atoms with Crippen LogP contribution < -0.4 is 5.32 Å². The molecule has 0 radical (unpaired) electrons. The fourth-order valence-corrected chi connectivity index (χ4v) is 3.19. The molecule has 2 aromatic heterocycles. The molecule has 1 atom stereocenters. The second-order valence-electron chi connectivity index (χ2n) is 5.14. The maximum atomic E-state index is 13.6. The molecule has 24 heavy (non-hydrogen) atoms. The van der Waals surface area contributed by atoms with Gasteiger partial charge in [0.1, 0.15) is 16.5 Å². The van der Waals surface area contributed by atoms with Gasteiger partial charge in [0.25, 0.3) is 5.91 Å². The maximum absolute atomic E-state index is 13.6. The van der Waals surface area contributed by atoms with E-state index in [-0.39, 0.29) is 10.9 Å². The molecule has 7 heteroatoms. The molecule has 1 amide bonds. The van der Waals surface area contributed by atoms with Gasteiger partial charge in [-0.25, -0.2) is 9.18 Å². The summed E-state index contributed by atoms with van der Waals surface area (Å²) in [6.45, 7) is 1.34. The van der Waals surface area contributed by atoms with Crippen molar-refractivity contribution in [2.24, 2.45) is 0 Å². The molecule has 0 aliphatic carbocycles. The highest BCUT2D eigenvalue weighted by molar-refractivity contribution is 7.20. The number of halogens is 1. The second-order valence-corrected chi connectivity index (χ2v) is 6.23. The summed E-state index contributed by atoms with van der Waals surface area (Å²) < 4.78 is 24.5. The molecule has 0 aliphatic rings. The molecule has 0 saturated heterocycles. The number of hydrogen-bond donors (Lipinski definition) is 1. The van der Waals surface area contributed by atoms with Gasteiger partial charge in [0, 0.05) is 10.1 Å². The zero-order valence-electron chi connectivity index (χ0n) is 12.7. The Balaban J connectivity index is 1.58. The number of carbonyl (C=O) groups is 2. The number of rotatable bonds is 5. The lowest BCUT2D eigenvalue weighted by atomic mass is 10.2. The zero-order chi connectivity index (χ0) is 17.1. The highest BCUT2D eigenvalue weighted by atomic mass is 32.1. The average molecular weight is 347 g/mol. The topological polar surface area (TPSA) is 68.5 Å². The average Bonchev–Trinajstić information content (AvgIpc) is 3.22. The Kier molecular flexibility index (Phi) is 4.61. The summed E-state index contributed by atoms with van der Waals surface area (Å²) in [7, 11) is 0. The van der Waals surface area contributed by atoms with Gasteiger partial charge in [0.15, 0.2) is 6.61 Å². The molecule has 3 aromatic rings. The summed E-state index contributed by atoms with van der Waals surface area (Å²) >= 11 is 1.12. The summed E-state index contributed by atoms with van der Waals surface area (Å²) in [5.74, 6) is -0.890. The van der Waals surface area contributed by atoms with Crippen molar-refractivity contribution in [2.45, 2.75) is 13.0 Å². The summed E-state index contributed by atoms with van der Waals surface area (Å²) in [4.78, 5) is 24.1.